The number of amides is 1. The van der Waals surface area contributed by atoms with Crippen LogP contribution in [0.25, 0.3) is 0 Å². The molecule has 0 aliphatic carbocycles. The van der Waals surface area contributed by atoms with E-state index in [9.17, 15) is 9.59 Å². The molecule has 0 saturated heterocycles. The number of nitrogens with zero attached hydrogens (tertiary/aromatic N) is 1. The SMILES string of the molecule is CC(=O)c1cccc(NC(=O)/C(C#N)=C\NCCCO)c1. The molecular weight excluding hydrogens is 270 g/mol. The Morgan fingerprint density at radius 3 is 2.81 bits per heavy atom. The number of hydrogen-bond donors (Lipinski definition) is 3. The van der Waals surface area contributed by atoms with E-state index in [2.05, 4.69) is 10.6 Å². The number of rotatable bonds is 7. The van der Waals surface area contributed by atoms with Crippen LogP contribution in [0.1, 0.15) is 23.7 Å². The molecule has 6 heteroatoms. The van der Waals surface area contributed by atoms with Crippen molar-refractivity contribution in [3.05, 3.63) is 41.6 Å². The summed E-state index contributed by atoms with van der Waals surface area (Å²) in [5.41, 5.74) is 0.849. The van der Waals surface area contributed by atoms with Crippen molar-refractivity contribution in [1.82, 2.24) is 5.32 Å². The molecule has 0 atom stereocenters. The van der Waals surface area contributed by atoms with Crippen LogP contribution in [0, 0.1) is 11.3 Å². The van der Waals surface area contributed by atoms with E-state index >= 15 is 0 Å². The van der Waals surface area contributed by atoms with Gasteiger partial charge in [0.15, 0.2) is 5.78 Å². The second-order valence-electron chi connectivity index (χ2n) is 4.29. The normalized spacial score (nSPS) is 10.6. The van der Waals surface area contributed by atoms with Gasteiger partial charge in [-0.3, -0.25) is 9.59 Å². The molecule has 0 saturated carbocycles. The summed E-state index contributed by atoms with van der Waals surface area (Å²) >= 11 is 0. The highest BCUT2D eigenvalue weighted by molar-refractivity contribution is 6.07. The first kappa shape index (κ1) is 16.4. The Morgan fingerprint density at radius 2 is 2.19 bits per heavy atom. The fraction of sp³-hybridized carbons (Fsp3) is 0.267. The second kappa shape index (κ2) is 8.51. The Balaban J connectivity index is 2.72. The van der Waals surface area contributed by atoms with Crippen molar-refractivity contribution >= 4 is 17.4 Å². The van der Waals surface area contributed by atoms with E-state index in [1.165, 1.54) is 13.1 Å². The molecule has 0 radical (unpaired) electrons. The Labute approximate surface area is 123 Å². The molecule has 0 unspecified atom stereocenters. The van der Waals surface area contributed by atoms with Crippen LogP contribution in [0.5, 0.6) is 0 Å². The van der Waals surface area contributed by atoms with Crippen molar-refractivity contribution < 1.29 is 14.7 Å². The maximum absolute atomic E-state index is 11.9. The lowest BCUT2D eigenvalue weighted by Gasteiger charge is -2.06. The van der Waals surface area contributed by atoms with Crippen LogP contribution >= 0.6 is 0 Å². The Hall–Kier alpha value is -2.65. The van der Waals surface area contributed by atoms with Crippen LogP contribution in [0.15, 0.2) is 36.0 Å². The molecule has 3 N–H and O–H groups in total. The molecular formula is C15H17N3O3. The maximum Gasteiger partial charge on any atom is 0.267 e. The lowest BCUT2D eigenvalue weighted by atomic mass is 10.1. The van der Waals surface area contributed by atoms with E-state index in [-0.39, 0.29) is 18.0 Å². The number of anilines is 1. The quantitative estimate of drug-likeness (QED) is 0.303. The summed E-state index contributed by atoms with van der Waals surface area (Å²) in [4.78, 5) is 23.2. The molecule has 1 aromatic rings. The highest BCUT2D eigenvalue weighted by Crippen LogP contribution is 2.12. The Morgan fingerprint density at radius 1 is 1.43 bits per heavy atom. The zero-order valence-corrected chi connectivity index (χ0v) is 11.7. The minimum atomic E-state index is -0.560. The van der Waals surface area contributed by atoms with Crippen LogP contribution < -0.4 is 10.6 Å². The summed E-state index contributed by atoms with van der Waals surface area (Å²) in [7, 11) is 0. The zero-order valence-electron chi connectivity index (χ0n) is 11.7. The third kappa shape index (κ3) is 5.47. The topological polar surface area (TPSA) is 102 Å². The van der Waals surface area contributed by atoms with E-state index in [1.54, 1.807) is 30.3 Å². The molecule has 1 amide bonds. The third-order valence-corrected chi connectivity index (χ3v) is 2.62. The first-order chi connectivity index (χ1) is 10.1. The highest BCUT2D eigenvalue weighted by Gasteiger charge is 2.10. The number of nitrogens with one attached hydrogen (secondary N) is 2. The summed E-state index contributed by atoms with van der Waals surface area (Å²) in [5, 5.41) is 22.9. The first-order valence-electron chi connectivity index (χ1n) is 6.45. The van der Waals surface area contributed by atoms with E-state index in [0.717, 1.165) is 0 Å². The molecule has 0 spiro atoms. The zero-order chi connectivity index (χ0) is 15.7. The van der Waals surface area contributed by atoms with Gasteiger partial charge in [-0.05, 0) is 25.5 Å². The van der Waals surface area contributed by atoms with Gasteiger partial charge in [0.05, 0.1) is 0 Å². The molecule has 1 rings (SSSR count). The van der Waals surface area contributed by atoms with E-state index in [4.69, 9.17) is 10.4 Å². The summed E-state index contributed by atoms with van der Waals surface area (Å²) in [5.74, 6) is -0.664. The third-order valence-electron chi connectivity index (χ3n) is 2.62. The van der Waals surface area contributed by atoms with Crippen LogP contribution in [-0.4, -0.2) is 29.9 Å². The van der Waals surface area contributed by atoms with Gasteiger partial charge in [0.2, 0.25) is 0 Å². The molecule has 0 aromatic heterocycles. The number of carbonyl (C=O) groups excluding carboxylic acids is 2. The molecule has 110 valence electrons. The van der Waals surface area contributed by atoms with Crippen LogP contribution in [0.3, 0.4) is 0 Å². The minimum Gasteiger partial charge on any atom is -0.396 e. The molecule has 0 bridgehead atoms. The number of ketones is 1. The van der Waals surface area contributed by atoms with Crippen LogP contribution in [0.2, 0.25) is 0 Å². The smallest absolute Gasteiger partial charge is 0.267 e. The van der Waals surface area contributed by atoms with Crippen molar-refractivity contribution in [1.29, 1.82) is 5.26 Å². The Kier molecular flexibility index (Phi) is 6.65. The summed E-state index contributed by atoms with van der Waals surface area (Å²) in [6.07, 6.45) is 1.83. The van der Waals surface area contributed by atoms with E-state index < -0.39 is 5.91 Å². The van der Waals surface area contributed by atoms with Crippen molar-refractivity contribution in [2.45, 2.75) is 13.3 Å². The van der Waals surface area contributed by atoms with Gasteiger partial charge in [-0.15, -0.1) is 0 Å². The Bertz CT molecular complexity index is 588. The predicted octanol–water partition coefficient (Wildman–Crippen LogP) is 1.21. The summed E-state index contributed by atoms with van der Waals surface area (Å²) in [6.45, 7) is 1.94. The minimum absolute atomic E-state index is 0.0345. The number of carbonyl (C=O) groups is 2. The molecule has 0 aliphatic rings. The number of benzene rings is 1. The van der Waals surface area contributed by atoms with Gasteiger partial charge in [-0.25, -0.2) is 0 Å². The largest absolute Gasteiger partial charge is 0.396 e. The fourth-order valence-electron chi connectivity index (χ4n) is 1.52. The number of nitriles is 1. The summed E-state index contributed by atoms with van der Waals surface area (Å²) in [6, 6.07) is 8.28. The number of aliphatic hydroxyl groups excluding tert-OH is 1. The van der Waals surface area contributed by atoms with Crippen LogP contribution in [-0.2, 0) is 4.79 Å². The average Bonchev–Trinajstić information content (AvgIpc) is 2.47. The molecule has 0 heterocycles. The highest BCUT2D eigenvalue weighted by atomic mass is 16.3. The lowest BCUT2D eigenvalue weighted by molar-refractivity contribution is -0.112. The van der Waals surface area contributed by atoms with Crippen molar-refractivity contribution in [2.24, 2.45) is 0 Å². The molecule has 6 nitrogen and oxygen atoms in total. The van der Waals surface area contributed by atoms with Crippen molar-refractivity contribution in [3.8, 4) is 6.07 Å². The monoisotopic (exact) mass is 287 g/mol. The van der Waals surface area contributed by atoms with Gasteiger partial charge < -0.3 is 15.7 Å². The second-order valence-corrected chi connectivity index (χ2v) is 4.29. The molecule has 0 fully saturated rings. The van der Waals surface area contributed by atoms with Gasteiger partial charge in [0.25, 0.3) is 5.91 Å². The molecule has 1 aromatic carbocycles. The number of Topliss-reactive ketones (excluding diaryl/α,β-unsaturated/α-hetero) is 1. The molecule has 0 aliphatic heterocycles. The van der Waals surface area contributed by atoms with E-state index in [1.807, 2.05) is 0 Å². The van der Waals surface area contributed by atoms with Gasteiger partial charge >= 0.3 is 0 Å². The van der Waals surface area contributed by atoms with Gasteiger partial charge in [-0.2, -0.15) is 5.26 Å². The van der Waals surface area contributed by atoms with Crippen LogP contribution in [0.4, 0.5) is 5.69 Å². The predicted molar refractivity (Wildman–Crippen MR) is 78.5 cm³/mol. The lowest BCUT2D eigenvalue weighted by Crippen LogP contribution is -2.17. The summed E-state index contributed by atoms with van der Waals surface area (Å²) < 4.78 is 0. The number of hydrogen-bond acceptors (Lipinski definition) is 5. The fourth-order valence-corrected chi connectivity index (χ4v) is 1.52. The van der Waals surface area contributed by atoms with Crippen molar-refractivity contribution in [2.75, 3.05) is 18.5 Å². The molecule has 21 heavy (non-hydrogen) atoms. The first-order valence-corrected chi connectivity index (χ1v) is 6.45. The average molecular weight is 287 g/mol. The maximum atomic E-state index is 11.9. The van der Waals surface area contributed by atoms with Gasteiger partial charge in [0.1, 0.15) is 11.6 Å². The van der Waals surface area contributed by atoms with Gasteiger partial charge in [0, 0.05) is 30.6 Å². The standard InChI is InChI=1S/C15H17N3O3/c1-11(20)12-4-2-5-14(8-12)18-15(21)13(9-16)10-17-6-3-7-19/h2,4-5,8,10,17,19H,3,6-7H2,1H3,(H,18,21)/b13-10-. The van der Waals surface area contributed by atoms with Crippen molar-refractivity contribution in [3.63, 3.8) is 0 Å². The number of aliphatic hydroxyl groups is 1. The van der Waals surface area contributed by atoms with Gasteiger partial charge in [-0.1, -0.05) is 12.1 Å². The van der Waals surface area contributed by atoms with E-state index in [0.29, 0.717) is 24.2 Å².